The van der Waals surface area contributed by atoms with Crippen molar-refractivity contribution < 1.29 is 13.9 Å². The summed E-state index contributed by atoms with van der Waals surface area (Å²) < 4.78 is 29.4. The van der Waals surface area contributed by atoms with E-state index in [1.54, 1.807) is 6.20 Å². The van der Waals surface area contributed by atoms with Gasteiger partial charge in [-0.05, 0) is 48.7 Å². The Morgan fingerprint density at radius 3 is 2.90 bits per heavy atom. The minimum Gasteiger partial charge on any atom is -0.390 e. The Labute approximate surface area is 119 Å². The van der Waals surface area contributed by atoms with Crippen molar-refractivity contribution in [1.82, 2.24) is 9.55 Å². The predicted octanol–water partition coefficient (Wildman–Crippen LogP) is 3.05. The zero-order valence-electron chi connectivity index (χ0n) is 10.7. The molecule has 0 saturated carbocycles. The molecule has 0 bridgehead atoms. The molecule has 1 aliphatic rings. The highest BCUT2D eigenvalue weighted by atomic mass is 32.1. The van der Waals surface area contributed by atoms with E-state index in [-0.39, 0.29) is 12.6 Å². The fraction of sp³-hybridized carbons (Fsp3) is 0.357. The number of aromatic amines is 1. The van der Waals surface area contributed by atoms with Crippen LogP contribution in [0.25, 0.3) is 0 Å². The molecule has 0 spiro atoms. The van der Waals surface area contributed by atoms with E-state index in [1.807, 2.05) is 4.57 Å². The second kappa shape index (κ2) is 5.10. The molecular weight excluding hydrogens is 282 g/mol. The van der Waals surface area contributed by atoms with Crippen LogP contribution in [0.1, 0.15) is 29.3 Å². The number of hydrogen-bond donors (Lipinski definition) is 2. The second-order valence-electron chi connectivity index (χ2n) is 5.07. The third kappa shape index (κ3) is 2.29. The Hall–Kier alpha value is -1.53. The van der Waals surface area contributed by atoms with Gasteiger partial charge in [-0.2, -0.15) is 0 Å². The van der Waals surface area contributed by atoms with Gasteiger partial charge in [-0.1, -0.05) is 0 Å². The van der Waals surface area contributed by atoms with E-state index < -0.39 is 11.6 Å². The second-order valence-corrected chi connectivity index (χ2v) is 5.46. The molecule has 1 aromatic carbocycles. The lowest BCUT2D eigenvalue weighted by atomic mass is 9.87. The molecule has 2 N–H and O–H groups in total. The summed E-state index contributed by atoms with van der Waals surface area (Å²) >= 11 is 5.22. The number of aromatic nitrogens is 2. The molecule has 0 unspecified atom stereocenters. The van der Waals surface area contributed by atoms with Gasteiger partial charge < -0.3 is 14.7 Å². The maximum atomic E-state index is 13.7. The van der Waals surface area contributed by atoms with E-state index in [0.717, 1.165) is 12.5 Å². The van der Waals surface area contributed by atoms with Crippen molar-refractivity contribution in [2.24, 2.45) is 0 Å². The minimum absolute atomic E-state index is 0.0627. The van der Waals surface area contributed by atoms with E-state index in [4.69, 9.17) is 17.3 Å². The molecule has 2 aromatic rings. The first-order valence-corrected chi connectivity index (χ1v) is 6.87. The van der Waals surface area contributed by atoms with Gasteiger partial charge in [-0.15, -0.1) is 0 Å². The van der Waals surface area contributed by atoms with Gasteiger partial charge in [-0.3, -0.25) is 0 Å². The average molecular weight is 296 g/mol. The molecule has 3 rings (SSSR count). The van der Waals surface area contributed by atoms with E-state index >= 15 is 0 Å². The first-order valence-electron chi connectivity index (χ1n) is 6.46. The van der Waals surface area contributed by atoms with Crippen molar-refractivity contribution in [3.8, 4) is 0 Å². The number of imidazole rings is 1. The van der Waals surface area contributed by atoms with E-state index in [0.29, 0.717) is 34.4 Å². The number of nitrogens with zero attached hydrogens (tertiary/aromatic N) is 1. The lowest BCUT2D eigenvalue weighted by molar-refractivity contribution is 0.277. The Balaban J connectivity index is 1.95. The molecular formula is C14H14F2N2OS. The summed E-state index contributed by atoms with van der Waals surface area (Å²) in [6, 6.07) is 2.39. The highest BCUT2D eigenvalue weighted by Crippen LogP contribution is 2.31. The molecule has 0 saturated heterocycles. The highest BCUT2D eigenvalue weighted by Gasteiger charge is 2.24. The summed E-state index contributed by atoms with van der Waals surface area (Å²) in [6.45, 7) is -0.108. The summed E-state index contributed by atoms with van der Waals surface area (Å²) in [7, 11) is 0. The van der Waals surface area contributed by atoms with Crippen molar-refractivity contribution in [2.45, 2.75) is 31.9 Å². The lowest BCUT2D eigenvalue weighted by Gasteiger charge is -2.26. The van der Waals surface area contributed by atoms with Crippen molar-refractivity contribution in [1.29, 1.82) is 0 Å². The number of H-pyrrole nitrogens is 1. The molecule has 20 heavy (non-hydrogen) atoms. The first-order chi connectivity index (χ1) is 9.58. The SMILES string of the molecule is OCc1cn([C@H]2CCc3c(F)cc(F)cc3C2)c(=S)[nH]1. The number of aliphatic hydroxyl groups is 1. The smallest absolute Gasteiger partial charge is 0.177 e. The molecule has 0 radical (unpaired) electrons. The molecule has 0 amide bonds. The molecule has 3 nitrogen and oxygen atoms in total. The van der Waals surface area contributed by atoms with Gasteiger partial charge in [0.1, 0.15) is 11.6 Å². The van der Waals surface area contributed by atoms with E-state index in [2.05, 4.69) is 4.98 Å². The van der Waals surface area contributed by atoms with Gasteiger partial charge in [0.2, 0.25) is 0 Å². The average Bonchev–Trinajstić information content (AvgIpc) is 2.79. The van der Waals surface area contributed by atoms with Gasteiger partial charge in [0, 0.05) is 18.3 Å². The van der Waals surface area contributed by atoms with Crippen LogP contribution in [0, 0.1) is 16.4 Å². The molecule has 1 aromatic heterocycles. The van der Waals surface area contributed by atoms with Gasteiger partial charge in [-0.25, -0.2) is 8.78 Å². The van der Waals surface area contributed by atoms with Crippen molar-refractivity contribution in [3.05, 3.63) is 51.6 Å². The van der Waals surface area contributed by atoms with Crippen LogP contribution in [0.4, 0.5) is 8.78 Å². The maximum Gasteiger partial charge on any atom is 0.177 e. The highest BCUT2D eigenvalue weighted by molar-refractivity contribution is 7.71. The summed E-state index contributed by atoms with van der Waals surface area (Å²) in [5, 5.41) is 9.11. The number of nitrogens with one attached hydrogen (secondary N) is 1. The third-order valence-corrected chi connectivity index (χ3v) is 4.11. The fourth-order valence-electron chi connectivity index (χ4n) is 2.84. The summed E-state index contributed by atoms with van der Waals surface area (Å²) in [5.41, 5.74) is 1.95. The van der Waals surface area contributed by atoms with Crippen LogP contribution in [0.2, 0.25) is 0 Å². The van der Waals surface area contributed by atoms with Gasteiger partial charge >= 0.3 is 0 Å². The van der Waals surface area contributed by atoms with Crippen LogP contribution in [0.3, 0.4) is 0 Å². The number of hydrogen-bond acceptors (Lipinski definition) is 2. The number of halogens is 2. The van der Waals surface area contributed by atoms with Crippen molar-refractivity contribution >= 4 is 12.2 Å². The third-order valence-electron chi connectivity index (χ3n) is 3.80. The monoisotopic (exact) mass is 296 g/mol. The molecule has 1 heterocycles. The molecule has 0 aliphatic heterocycles. The molecule has 1 aliphatic carbocycles. The lowest BCUT2D eigenvalue weighted by Crippen LogP contribution is -2.19. The van der Waals surface area contributed by atoms with Crippen LogP contribution in [-0.4, -0.2) is 14.7 Å². The number of rotatable bonds is 2. The minimum atomic E-state index is -0.546. The number of aliphatic hydroxyl groups excluding tert-OH is 1. The maximum absolute atomic E-state index is 13.7. The molecule has 0 fully saturated rings. The van der Waals surface area contributed by atoms with Crippen LogP contribution in [-0.2, 0) is 19.4 Å². The van der Waals surface area contributed by atoms with Crippen LogP contribution < -0.4 is 0 Å². The van der Waals surface area contributed by atoms with E-state index in [9.17, 15) is 8.78 Å². The van der Waals surface area contributed by atoms with Crippen LogP contribution in [0.5, 0.6) is 0 Å². The van der Waals surface area contributed by atoms with Gasteiger partial charge in [0.05, 0.1) is 12.3 Å². The van der Waals surface area contributed by atoms with Gasteiger partial charge in [0.25, 0.3) is 0 Å². The number of benzene rings is 1. The van der Waals surface area contributed by atoms with Gasteiger partial charge in [0.15, 0.2) is 4.77 Å². The molecule has 106 valence electrons. The number of fused-ring (bicyclic) bond motifs is 1. The van der Waals surface area contributed by atoms with Crippen LogP contribution in [0.15, 0.2) is 18.3 Å². The molecule has 1 atom stereocenters. The Morgan fingerprint density at radius 1 is 1.40 bits per heavy atom. The summed E-state index contributed by atoms with van der Waals surface area (Å²) in [4.78, 5) is 2.92. The predicted molar refractivity (Wildman–Crippen MR) is 73.0 cm³/mol. The Kier molecular flexibility index (Phi) is 3.43. The van der Waals surface area contributed by atoms with E-state index in [1.165, 1.54) is 6.07 Å². The Morgan fingerprint density at radius 2 is 2.20 bits per heavy atom. The first kappa shape index (κ1) is 13.5. The van der Waals surface area contributed by atoms with Crippen molar-refractivity contribution in [2.75, 3.05) is 0 Å². The Bertz CT molecular complexity index is 708. The van der Waals surface area contributed by atoms with Crippen molar-refractivity contribution in [3.63, 3.8) is 0 Å². The molecule has 6 heteroatoms. The van der Waals surface area contributed by atoms with Crippen LogP contribution >= 0.6 is 12.2 Å². The zero-order chi connectivity index (χ0) is 14.3. The standard InChI is InChI=1S/C14H14F2N2OS/c15-9-3-8-4-11(1-2-12(8)13(16)5-9)18-6-10(7-19)17-14(18)20/h3,5-6,11,19H,1-2,4,7H2,(H,17,20)/t11-/m0/s1. The zero-order valence-corrected chi connectivity index (χ0v) is 11.5. The quantitative estimate of drug-likeness (QED) is 0.836. The summed E-state index contributed by atoms with van der Waals surface area (Å²) in [6.07, 6.45) is 3.62. The summed E-state index contributed by atoms with van der Waals surface area (Å²) in [5.74, 6) is -1.01. The normalized spacial score (nSPS) is 18.1. The largest absolute Gasteiger partial charge is 0.390 e. The topological polar surface area (TPSA) is 41.0 Å². The fourth-order valence-corrected chi connectivity index (χ4v) is 3.17.